The SMILES string of the molecule is COc1ccc(-c2noc(COC(=O)c3cc(S(=O)(=O)N4CCOCC4)c[nH]3)n2)c(OC)c1. The van der Waals surface area contributed by atoms with E-state index in [-0.39, 0.29) is 42.0 Å². The van der Waals surface area contributed by atoms with Gasteiger partial charge in [0.15, 0.2) is 6.61 Å². The summed E-state index contributed by atoms with van der Waals surface area (Å²) in [5.41, 5.74) is 0.556. The van der Waals surface area contributed by atoms with Gasteiger partial charge in [-0.25, -0.2) is 13.2 Å². The molecule has 176 valence electrons. The van der Waals surface area contributed by atoms with Crippen molar-refractivity contribution in [3.8, 4) is 22.9 Å². The summed E-state index contributed by atoms with van der Waals surface area (Å²) in [5, 5.41) is 3.89. The van der Waals surface area contributed by atoms with E-state index in [4.69, 9.17) is 23.5 Å². The molecule has 1 saturated heterocycles. The van der Waals surface area contributed by atoms with E-state index in [0.29, 0.717) is 30.3 Å². The smallest absolute Gasteiger partial charge is 0.355 e. The highest BCUT2D eigenvalue weighted by molar-refractivity contribution is 7.89. The maximum atomic E-state index is 12.7. The summed E-state index contributed by atoms with van der Waals surface area (Å²) in [6.07, 6.45) is 1.25. The minimum absolute atomic E-state index is 0.0154. The van der Waals surface area contributed by atoms with Crippen molar-refractivity contribution in [3.05, 3.63) is 42.0 Å². The number of esters is 1. The third-order valence-corrected chi connectivity index (χ3v) is 6.81. The molecule has 3 aromatic rings. The first-order valence-electron chi connectivity index (χ1n) is 9.91. The fourth-order valence-electron chi connectivity index (χ4n) is 3.19. The lowest BCUT2D eigenvalue weighted by Crippen LogP contribution is -2.40. The number of hydrogen-bond acceptors (Lipinski definition) is 10. The Morgan fingerprint density at radius 3 is 2.70 bits per heavy atom. The Bertz CT molecular complexity index is 1230. The van der Waals surface area contributed by atoms with Gasteiger partial charge in [0, 0.05) is 25.4 Å². The van der Waals surface area contributed by atoms with Gasteiger partial charge in [0.1, 0.15) is 22.1 Å². The van der Waals surface area contributed by atoms with Gasteiger partial charge in [-0.3, -0.25) is 0 Å². The molecule has 33 heavy (non-hydrogen) atoms. The minimum Gasteiger partial charge on any atom is -0.497 e. The summed E-state index contributed by atoms with van der Waals surface area (Å²) in [5.74, 6) is 0.636. The predicted octanol–water partition coefficient (Wildman–Crippen LogP) is 1.46. The summed E-state index contributed by atoms with van der Waals surface area (Å²) in [7, 11) is -0.681. The highest BCUT2D eigenvalue weighted by Crippen LogP contribution is 2.31. The van der Waals surface area contributed by atoms with Gasteiger partial charge in [-0.2, -0.15) is 9.29 Å². The molecule has 13 heteroatoms. The van der Waals surface area contributed by atoms with Gasteiger partial charge in [0.25, 0.3) is 5.89 Å². The lowest BCUT2D eigenvalue weighted by molar-refractivity contribution is 0.0423. The van der Waals surface area contributed by atoms with Crippen LogP contribution in [-0.4, -0.2) is 74.3 Å². The van der Waals surface area contributed by atoms with E-state index in [1.165, 1.54) is 23.7 Å². The first-order valence-corrected chi connectivity index (χ1v) is 11.3. The molecule has 0 unspecified atom stereocenters. The van der Waals surface area contributed by atoms with E-state index < -0.39 is 16.0 Å². The van der Waals surface area contributed by atoms with Gasteiger partial charge >= 0.3 is 5.97 Å². The lowest BCUT2D eigenvalue weighted by Gasteiger charge is -2.25. The summed E-state index contributed by atoms with van der Waals surface area (Å²) in [6, 6.07) is 6.35. The van der Waals surface area contributed by atoms with Crippen molar-refractivity contribution >= 4 is 16.0 Å². The molecule has 0 amide bonds. The van der Waals surface area contributed by atoms with Crippen molar-refractivity contribution in [2.45, 2.75) is 11.5 Å². The number of aromatic nitrogens is 3. The van der Waals surface area contributed by atoms with Gasteiger partial charge < -0.3 is 28.5 Å². The summed E-state index contributed by atoms with van der Waals surface area (Å²) in [6.45, 7) is 0.868. The maximum absolute atomic E-state index is 12.7. The number of carbonyl (C=O) groups excluding carboxylic acids is 1. The van der Waals surface area contributed by atoms with Crippen molar-refractivity contribution < 1.29 is 36.7 Å². The first kappa shape index (κ1) is 22.8. The topological polar surface area (TPSA) is 146 Å². The largest absolute Gasteiger partial charge is 0.497 e. The average Bonchev–Trinajstić information content (AvgIpc) is 3.53. The number of benzene rings is 1. The zero-order valence-corrected chi connectivity index (χ0v) is 18.8. The van der Waals surface area contributed by atoms with Crippen LogP contribution in [0, 0.1) is 0 Å². The monoisotopic (exact) mass is 478 g/mol. The van der Waals surface area contributed by atoms with Gasteiger partial charge in [-0.05, 0) is 18.2 Å². The number of rotatable bonds is 8. The summed E-state index contributed by atoms with van der Waals surface area (Å²) >= 11 is 0. The van der Waals surface area contributed by atoms with Crippen molar-refractivity contribution in [3.63, 3.8) is 0 Å². The Balaban J connectivity index is 1.41. The molecule has 0 spiro atoms. The normalized spacial score (nSPS) is 14.7. The zero-order valence-electron chi connectivity index (χ0n) is 17.9. The molecule has 4 rings (SSSR count). The number of H-pyrrole nitrogens is 1. The first-order chi connectivity index (χ1) is 15.9. The van der Waals surface area contributed by atoms with Gasteiger partial charge in [0.05, 0.1) is 33.0 Å². The zero-order chi connectivity index (χ0) is 23.4. The van der Waals surface area contributed by atoms with E-state index in [1.807, 2.05) is 0 Å². The number of carbonyl (C=O) groups is 1. The van der Waals surface area contributed by atoms with Crippen LogP contribution in [-0.2, 0) is 26.1 Å². The van der Waals surface area contributed by atoms with Crippen LogP contribution in [0.2, 0.25) is 0 Å². The van der Waals surface area contributed by atoms with E-state index in [2.05, 4.69) is 15.1 Å². The van der Waals surface area contributed by atoms with Gasteiger partial charge in [-0.1, -0.05) is 5.16 Å². The molecule has 1 aromatic carbocycles. The van der Waals surface area contributed by atoms with E-state index in [0.717, 1.165) is 0 Å². The molecule has 0 aliphatic carbocycles. The quantitative estimate of drug-likeness (QED) is 0.472. The number of sulfonamides is 1. The Morgan fingerprint density at radius 1 is 1.18 bits per heavy atom. The fourth-order valence-corrected chi connectivity index (χ4v) is 4.59. The number of hydrogen-bond donors (Lipinski definition) is 1. The highest BCUT2D eigenvalue weighted by Gasteiger charge is 2.28. The average molecular weight is 478 g/mol. The molecule has 1 aliphatic rings. The molecule has 2 aromatic heterocycles. The van der Waals surface area contributed by atoms with Crippen LogP contribution in [0.3, 0.4) is 0 Å². The molecule has 0 atom stereocenters. The molecule has 3 heterocycles. The van der Waals surface area contributed by atoms with E-state index in [1.54, 1.807) is 25.3 Å². The Kier molecular flexibility index (Phi) is 6.62. The van der Waals surface area contributed by atoms with E-state index >= 15 is 0 Å². The third-order valence-electron chi connectivity index (χ3n) is 4.93. The maximum Gasteiger partial charge on any atom is 0.355 e. The van der Waals surface area contributed by atoms with Crippen LogP contribution in [0.15, 0.2) is 39.9 Å². The molecule has 0 bridgehead atoms. The van der Waals surface area contributed by atoms with Crippen LogP contribution in [0.4, 0.5) is 0 Å². The van der Waals surface area contributed by atoms with Crippen LogP contribution in [0.25, 0.3) is 11.4 Å². The molecule has 0 saturated carbocycles. The highest BCUT2D eigenvalue weighted by atomic mass is 32.2. The van der Waals surface area contributed by atoms with Crippen molar-refractivity contribution in [1.29, 1.82) is 0 Å². The Hall–Kier alpha value is -3.42. The Labute approximate surface area is 189 Å². The third kappa shape index (κ3) is 4.84. The van der Waals surface area contributed by atoms with Crippen molar-refractivity contribution in [1.82, 2.24) is 19.4 Å². The molecule has 1 fully saturated rings. The number of aromatic amines is 1. The number of nitrogens with one attached hydrogen (secondary N) is 1. The van der Waals surface area contributed by atoms with Crippen LogP contribution in [0.5, 0.6) is 11.5 Å². The number of ether oxygens (including phenoxy) is 4. The van der Waals surface area contributed by atoms with Crippen LogP contribution >= 0.6 is 0 Å². The number of morpholine rings is 1. The predicted molar refractivity (Wildman–Crippen MR) is 112 cm³/mol. The number of nitrogens with zero attached hydrogens (tertiary/aromatic N) is 3. The van der Waals surface area contributed by atoms with Crippen molar-refractivity contribution in [2.75, 3.05) is 40.5 Å². The van der Waals surface area contributed by atoms with Gasteiger partial charge in [-0.15, -0.1) is 0 Å². The fraction of sp³-hybridized carbons (Fsp3) is 0.350. The van der Waals surface area contributed by atoms with E-state index in [9.17, 15) is 13.2 Å². The van der Waals surface area contributed by atoms with Crippen molar-refractivity contribution in [2.24, 2.45) is 0 Å². The second-order valence-electron chi connectivity index (χ2n) is 6.92. The standard InChI is InChI=1S/C20H22N4O8S/c1-28-13-3-4-15(17(9-13)29-2)19-22-18(32-23-19)12-31-20(25)16-10-14(11-21-16)33(26,27)24-5-7-30-8-6-24/h3-4,9-11,21H,5-8,12H2,1-2H3. The molecular formula is C20H22N4O8S. The van der Waals surface area contributed by atoms with Gasteiger partial charge in [0.2, 0.25) is 15.8 Å². The van der Waals surface area contributed by atoms with Crippen LogP contribution < -0.4 is 9.47 Å². The molecule has 1 aliphatic heterocycles. The molecular weight excluding hydrogens is 456 g/mol. The molecule has 0 radical (unpaired) electrons. The lowest BCUT2D eigenvalue weighted by atomic mass is 10.2. The Morgan fingerprint density at radius 2 is 1.97 bits per heavy atom. The number of methoxy groups -OCH3 is 2. The summed E-state index contributed by atoms with van der Waals surface area (Å²) in [4.78, 5) is 19.2. The van der Waals surface area contributed by atoms with Crippen LogP contribution in [0.1, 0.15) is 16.4 Å². The molecule has 12 nitrogen and oxygen atoms in total. The second-order valence-corrected chi connectivity index (χ2v) is 8.86. The molecule has 1 N–H and O–H groups in total. The second kappa shape index (κ2) is 9.60. The minimum atomic E-state index is -3.73. The summed E-state index contributed by atoms with van der Waals surface area (Å²) < 4.78 is 52.7.